The Kier molecular flexibility index (Phi) is 5.62. The first-order chi connectivity index (χ1) is 15.2. The summed E-state index contributed by atoms with van der Waals surface area (Å²) in [5.41, 5.74) is 1.16. The van der Waals surface area contributed by atoms with Gasteiger partial charge in [-0.3, -0.25) is 24.7 Å². The number of nitrogens with one attached hydrogen (secondary N) is 3. The molecule has 170 valence electrons. The van der Waals surface area contributed by atoms with E-state index in [1.807, 2.05) is 30.3 Å². The zero-order valence-corrected chi connectivity index (χ0v) is 18.0. The summed E-state index contributed by atoms with van der Waals surface area (Å²) in [6, 6.07) is 8.17. The fourth-order valence-electron chi connectivity index (χ4n) is 4.61. The van der Waals surface area contributed by atoms with Crippen LogP contribution in [0.4, 0.5) is 9.59 Å². The zero-order chi connectivity index (χ0) is 22.9. The van der Waals surface area contributed by atoms with Gasteiger partial charge in [-0.25, -0.2) is 9.59 Å². The number of hydrogen-bond donors (Lipinski definition) is 3. The predicted octanol–water partition coefficient (Wildman–Crippen LogP) is 1.22. The van der Waals surface area contributed by atoms with E-state index in [1.165, 1.54) is 0 Å². The fraction of sp³-hybridized carbons (Fsp3) is 0.500. The van der Waals surface area contributed by atoms with Crippen molar-refractivity contribution in [1.82, 2.24) is 26.0 Å². The van der Waals surface area contributed by atoms with Crippen molar-refractivity contribution in [2.24, 2.45) is 0 Å². The van der Waals surface area contributed by atoms with E-state index >= 15 is 0 Å². The Morgan fingerprint density at radius 2 is 1.66 bits per heavy atom. The highest BCUT2D eigenvalue weighted by Gasteiger charge is 2.52. The largest absolute Gasteiger partial charge is 0.344 e. The first kappa shape index (κ1) is 21.8. The van der Waals surface area contributed by atoms with Crippen molar-refractivity contribution in [1.29, 1.82) is 0 Å². The second kappa shape index (κ2) is 8.25. The van der Waals surface area contributed by atoms with E-state index in [0.29, 0.717) is 30.7 Å². The van der Waals surface area contributed by atoms with Crippen molar-refractivity contribution >= 4 is 29.8 Å². The molecule has 2 aliphatic heterocycles. The second-order valence-corrected chi connectivity index (χ2v) is 8.89. The van der Waals surface area contributed by atoms with Crippen LogP contribution in [-0.2, 0) is 20.8 Å². The molecule has 3 N–H and O–H groups in total. The second-order valence-electron chi connectivity index (χ2n) is 8.89. The van der Waals surface area contributed by atoms with E-state index < -0.39 is 47.4 Å². The molecule has 2 heterocycles. The Labute approximate surface area is 185 Å². The van der Waals surface area contributed by atoms with Gasteiger partial charge in [0, 0.05) is 0 Å². The molecule has 10 nitrogen and oxygen atoms in total. The molecule has 4 rings (SSSR count). The van der Waals surface area contributed by atoms with Gasteiger partial charge in [-0.1, -0.05) is 49.6 Å². The number of urea groups is 2. The van der Waals surface area contributed by atoms with Gasteiger partial charge in [0.05, 0.1) is 0 Å². The molecule has 3 fully saturated rings. The number of amides is 7. The van der Waals surface area contributed by atoms with Crippen LogP contribution in [-0.4, -0.2) is 57.3 Å². The summed E-state index contributed by atoms with van der Waals surface area (Å²) >= 11 is 0. The normalized spacial score (nSPS) is 24.7. The van der Waals surface area contributed by atoms with Crippen molar-refractivity contribution in [3.8, 4) is 0 Å². The molecule has 32 heavy (non-hydrogen) atoms. The predicted molar refractivity (Wildman–Crippen MR) is 113 cm³/mol. The number of nitrogens with zero attached hydrogens (tertiary/aromatic N) is 2. The molecule has 0 radical (unpaired) electrons. The van der Waals surface area contributed by atoms with Crippen LogP contribution in [0.15, 0.2) is 30.3 Å². The molecule has 1 spiro atoms. The summed E-state index contributed by atoms with van der Waals surface area (Å²) in [5, 5.41) is 5.98. The highest BCUT2D eigenvalue weighted by molar-refractivity contribution is 6.10. The molecule has 1 aromatic carbocycles. The van der Waals surface area contributed by atoms with Crippen LogP contribution in [0.1, 0.15) is 51.0 Å². The molecule has 7 amide bonds. The van der Waals surface area contributed by atoms with Crippen LogP contribution in [0.2, 0.25) is 0 Å². The quantitative estimate of drug-likeness (QED) is 0.572. The summed E-state index contributed by atoms with van der Waals surface area (Å²) in [7, 11) is 0. The number of rotatable bonds is 6. The van der Waals surface area contributed by atoms with Gasteiger partial charge in [0.1, 0.15) is 17.6 Å². The monoisotopic (exact) mass is 441 g/mol. The number of benzene rings is 1. The Morgan fingerprint density at radius 3 is 2.34 bits per heavy atom. The van der Waals surface area contributed by atoms with Crippen LogP contribution >= 0.6 is 0 Å². The first-order valence-electron chi connectivity index (χ1n) is 10.9. The number of imide groups is 2. The van der Waals surface area contributed by atoms with Crippen molar-refractivity contribution in [3.63, 3.8) is 0 Å². The third-order valence-electron chi connectivity index (χ3n) is 6.51. The van der Waals surface area contributed by atoms with E-state index in [0.717, 1.165) is 29.7 Å². The maximum atomic E-state index is 12.9. The molecular weight excluding hydrogens is 414 g/mol. The average molecular weight is 441 g/mol. The topological polar surface area (TPSA) is 128 Å². The van der Waals surface area contributed by atoms with Crippen molar-refractivity contribution in [2.45, 2.75) is 62.9 Å². The third kappa shape index (κ3) is 3.92. The van der Waals surface area contributed by atoms with Gasteiger partial charge in [-0.15, -0.1) is 0 Å². The van der Waals surface area contributed by atoms with Crippen LogP contribution in [0.3, 0.4) is 0 Å². The van der Waals surface area contributed by atoms with E-state index in [-0.39, 0.29) is 0 Å². The fourth-order valence-corrected chi connectivity index (χ4v) is 4.61. The summed E-state index contributed by atoms with van der Waals surface area (Å²) in [6.07, 6.45) is 4.66. The highest BCUT2D eigenvalue weighted by Crippen LogP contribution is 2.33. The molecule has 0 aromatic heterocycles. The van der Waals surface area contributed by atoms with Crippen molar-refractivity contribution in [3.05, 3.63) is 35.9 Å². The number of aryl methyl sites for hydroxylation is 1. The average Bonchev–Trinajstić information content (AvgIpc) is 3.13. The van der Waals surface area contributed by atoms with Crippen LogP contribution in [0.25, 0.3) is 0 Å². The summed E-state index contributed by atoms with van der Waals surface area (Å²) < 4.78 is 0. The molecule has 0 unspecified atom stereocenters. The van der Waals surface area contributed by atoms with Gasteiger partial charge in [0.25, 0.3) is 17.7 Å². The van der Waals surface area contributed by atoms with Crippen LogP contribution in [0.5, 0.6) is 0 Å². The zero-order valence-electron chi connectivity index (χ0n) is 18.0. The summed E-state index contributed by atoms with van der Waals surface area (Å²) in [4.78, 5) is 63.8. The van der Waals surface area contributed by atoms with Crippen molar-refractivity contribution in [2.75, 3.05) is 6.54 Å². The molecule has 10 heteroatoms. The molecular formula is C22H27N5O5. The lowest BCUT2D eigenvalue weighted by molar-refractivity contribution is -0.141. The standard InChI is InChI=1S/C22H27N5O5/c1-21(13-10-15-8-4-2-5-9-15)17(29)27(20(32)23-21)25-16(28)14-26-18(30)22(24-19(26)31)11-6-3-7-12-22/h2,4-5,8-9H,3,6-7,10-14H2,1H3,(H,23,32)(H,24,31)(H,25,28)/t21-/m1/s1. The molecule has 3 aliphatic rings. The SMILES string of the molecule is C[C@]1(CCc2ccccc2)NC(=O)N(NC(=O)CN2C(=O)NC3(CCCCC3)C2=O)C1=O. The Morgan fingerprint density at radius 1 is 0.969 bits per heavy atom. The first-order valence-corrected chi connectivity index (χ1v) is 10.9. The summed E-state index contributed by atoms with van der Waals surface area (Å²) in [6.45, 7) is 1.04. The van der Waals surface area contributed by atoms with Gasteiger partial charge in [0.2, 0.25) is 0 Å². The smallest absolute Gasteiger partial charge is 0.323 e. The van der Waals surface area contributed by atoms with Gasteiger partial charge >= 0.3 is 12.1 Å². The van der Waals surface area contributed by atoms with Gasteiger partial charge in [-0.05, 0) is 38.2 Å². The van der Waals surface area contributed by atoms with Gasteiger partial charge in [0.15, 0.2) is 0 Å². The Balaban J connectivity index is 1.37. The molecule has 1 aromatic rings. The number of hydrogen-bond acceptors (Lipinski definition) is 5. The maximum absolute atomic E-state index is 12.9. The lowest BCUT2D eigenvalue weighted by Crippen LogP contribution is -2.52. The van der Waals surface area contributed by atoms with Gasteiger partial charge < -0.3 is 10.6 Å². The van der Waals surface area contributed by atoms with E-state index in [1.54, 1.807) is 6.92 Å². The van der Waals surface area contributed by atoms with Gasteiger partial charge in [-0.2, -0.15) is 5.01 Å². The minimum absolute atomic E-state index is 0.351. The molecule has 2 saturated heterocycles. The number of carbonyl (C=O) groups excluding carboxylic acids is 5. The van der Waals surface area contributed by atoms with E-state index in [4.69, 9.17) is 0 Å². The highest BCUT2D eigenvalue weighted by atomic mass is 16.2. The number of hydrazine groups is 1. The lowest BCUT2D eigenvalue weighted by Gasteiger charge is -2.30. The molecule has 1 aliphatic carbocycles. The lowest BCUT2D eigenvalue weighted by atomic mass is 9.82. The van der Waals surface area contributed by atoms with Crippen LogP contribution in [0, 0.1) is 0 Å². The van der Waals surface area contributed by atoms with E-state index in [2.05, 4.69) is 16.1 Å². The van der Waals surface area contributed by atoms with Crippen molar-refractivity contribution < 1.29 is 24.0 Å². The Hall–Kier alpha value is -3.43. The molecule has 0 bridgehead atoms. The Bertz CT molecular complexity index is 959. The maximum Gasteiger partial charge on any atom is 0.344 e. The number of carbonyl (C=O) groups is 5. The molecule has 1 atom stereocenters. The molecule has 1 saturated carbocycles. The minimum Gasteiger partial charge on any atom is -0.323 e. The third-order valence-corrected chi connectivity index (χ3v) is 6.51. The van der Waals surface area contributed by atoms with Crippen LogP contribution < -0.4 is 16.1 Å². The van der Waals surface area contributed by atoms with E-state index in [9.17, 15) is 24.0 Å². The summed E-state index contributed by atoms with van der Waals surface area (Å²) in [5.74, 6) is -1.81. The minimum atomic E-state index is -1.17.